The minimum Gasteiger partial charge on any atom is -0.454 e. The van der Waals surface area contributed by atoms with Crippen LogP contribution >= 0.6 is 0 Å². The lowest BCUT2D eigenvalue weighted by molar-refractivity contribution is -0.305. The predicted octanol–water partition coefficient (Wildman–Crippen LogP) is 13.4. The van der Waals surface area contributed by atoms with E-state index in [2.05, 4.69) is 74.7 Å². The number of carbonyl (C=O) groups is 2. The van der Waals surface area contributed by atoms with Crippen LogP contribution in [0.1, 0.15) is 252 Å². The molecule has 6 N–H and O–H groups in total. The van der Waals surface area contributed by atoms with Crippen LogP contribution in [0.2, 0.25) is 0 Å². The lowest BCUT2D eigenvalue weighted by Crippen LogP contribution is -2.61. The molecule has 8 atom stereocenters. The molecule has 1 fully saturated rings. The number of aliphatic hydroxyl groups is 5. The van der Waals surface area contributed by atoms with Crippen LogP contribution in [0.25, 0.3) is 0 Å². The van der Waals surface area contributed by atoms with Crippen LogP contribution in [0.15, 0.2) is 60.8 Å². The standard InChI is InChI=1S/C61H109NO10/c1-4-7-10-13-16-19-22-25-26-27-28-31-34-37-40-43-46-49-56(66)72-59-58(68)57(67)55(50-63)71-61(59)70-51-52(53(64)47-44-41-38-35-32-29-23-20-17-14-11-8-5-2)62-60(69)54(65)48-45-42-39-36-33-30-24-21-18-15-12-9-6-3/h9,12,16,18-19,21,25-26,44,47,52-55,57-59,61,63-65,67-68H,4-8,10-11,13-15,17,20,22-24,27-43,45-46,48-51H2,1-3H3,(H,62,69)/b12-9+,19-16-,21-18+,26-25-,47-44+. The van der Waals surface area contributed by atoms with Gasteiger partial charge in [-0.15, -0.1) is 0 Å². The number of hydrogen-bond acceptors (Lipinski definition) is 10. The summed E-state index contributed by atoms with van der Waals surface area (Å²) in [7, 11) is 0. The minimum absolute atomic E-state index is 0.113. The highest BCUT2D eigenvalue weighted by molar-refractivity contribution is 5.80. The Bertz CT molecular complexity index is 1400. The molecule has 0 aromatic carbocycles. The van der Waals surface area contributed by atoms with E-state index in [-0.39, 0.29) is 19.4 Å². The first kappa shape index (κ1) is 67.4. The van der Waals surface area contributed by atoms with Gasteiger partial charge in [-0.25, -0.2) is 0 Å². The van der Waals surface area contributed by atoms with E-state index in [1.54, 1.807) is 6.08 Å². The van der Waals surface area contributed by atoms with E-state index in [1.807, 2.05) is 6.08 Å². The SMILES string of the molecule is CC/C=C/C/C=C/CCCCCCCCC(O)C(=O)NC(COC1OC(CO)C(O)C(O)C1OC(=O)CCCCCCCCC/C=C\C/C=C\CCCCC)C(O)/C=C/CCCCCCCCCCCCC. The number of carbonyl (C=O) groups excluding carboxylic acids is 2. The van der Waals surface area contributed by atoms with Gasteiger partial charge < -0.3 is 45.1 Å². The van der Waals surface area contributed by atoms with Crippen molar-refractivity contribution in [1.29, 1.82) is 0 Å². The Labute approximate surface area is 439 Å². The Balaban J connectivity index is 2.73. The molecule has 72 heavy (non-hydrogen) atoms. The molecule has 11 nitrogen and oxygen atoms in total. The highest BCUT2D eigenvalue weighted by atomic mass is 16.7. The fraction of sp³-hybridized carbons (Fsp3) is 0.803. The minimum atomic E-state index is -1.62. The lowest BCUT2D eigenvalue weighted by Gasteiger charge is -2.41. The maximum Gasteiger partial charge on any atom is 0.306 e. The normalized spacial score (nSPS) is 19.9. The van der Waals surface area contributed by atoms with Gasteiger partial charge in [-0.05, 0) is 83.5 Å². The van der Waals surface area contributed by atoms with Crippen molar-refractivity contribution >= 4 is 11.9 Å². The maximum atomic E-state index is 13.4. The van der Waals surface area contributed by atoms with Crippen LogP contribution in [0.3, 0.4) is 0 Å². The highest BCUT2D eigenvalue weighted by Crippen LogP contribution is 2.26. The van der Waals surface area contributed by atoms with Gasteiger partial charge in [-0.1, -0.05) is 223 Å². The fourth-order valence-corrected chi connectivity index (χ4v) is 8.95. The summed E-state index contributed by atoms with van der Waals surface area (Å²) in [5.74, 6) is -1.21. The maximum absolute atomic E-state index is 13.4. The van der Waals surface area contributed by atoms with Crippen molar-refractivity contribution in [2.24, 2.45) is 0 Å². The zero-order valence-corrected chi connectivity index (χ0v) is 46.0. The van der Waals surface area contributed by atoms with E-state index in [1.165, 1.54) is 96.3 Å². The molecule has 11 heteroatoms. The van der Waals surface area contributed by atoms with Gasteiger partial charge in [0.15, 0.2) is 12.4 Å². The highest BCUT2D eigenvalue weighted by Gasteiger charge is 2.47. The van der Waals surface area contributed by atoms with E-state index in [0.29, 0.717) is 12.8 Å². The molecule has 1 rings (SSSR count). The Morgan fingerprint density at radius 1 is 0.556 bits per heavy atom. The van der Waals surface area contributed by atoms with Crippen molar-refractivity contribution in [2.75, 3.05) is 13.2 Å². The van der Waals surface area contributed by atoms with Crippen LogP contribution in [0.4, 0.5) is 0 Å². The number of hydrogen-bond donors (Lipinski definition) is 6. The van der Waals surface area contributed by atoms with Gasteiger partial charge in [0.2, 0.25) is 5.91 Å². The number of allylic oxidation sites excluding steroid dienone is 9. The summed E-state index contributed by atoms with van der Waals surface area (Å²) in [5, 5.41) is 56.8. The molecule has 0 saturated carbocycles. The van der Waals surface area contributed by atoms with Crippen molar-refractivity contribution in [1.82, 2.24) is 5.32 Å². The van der Waals surface area contributed by atoms with Crippen molar-refractivity contribution in [3.05, 3.63) is 60.8 Å². The number of esters is 1. The summed E-state index contributed by atoms with van der Waals surface area (Å²) in [4.78, 5) is 26.5. The summed E-state index contributed by atoms with van der Waals surface area (Å²) in [6.07, 6.45) is 49.7. The summed E-state index contributed by atoms with van der Waals surface area (Å²) in [6, 6.07) is -1.03. The Kier molecular flexibility index (Phi) is 46.1. The van der Waals surface area contributed by atoms with E-state index >= 15 is 0 Å². The summed E-state index contributed by atoms with van der Waals surface area (Å²) < 4.78 is 17.6. The van der Waals surface area contributed by atoms with Crippen molar-refractivity contribution in [2.45, 2.75) is 301 Å². The average molecular weight is 1020 g/mol. The molecule has 0 bridgehead atoms. The first-order valence-corrected chi connectivity index (χ1v) is 29.6. The lowest BCUT2D eigenvalue weighted by atomic mass is 9.99. The van der Waals surface area contributed by atoms with Crippen LogP contribution in [0, 0.1) is 0 Å². The summed E-state index contributed by atoms with van der Waals surface area (Å²) in [5.41, 5.74) is 0. The number of ether oxygens (including phenoxy) is 3. The zero-order chi connectivity index (χ0) is 52.5. The van der Waals surface area contributed by atoms with Crippen LogP contribution in [-0.2, 0) is 23.8 Å². The second-order valence-corrected chi connectivity index (χ2v) is 20.3. The van der Waals surface area contributed by atoms with Crippen LogP contribution in [0.5, 0.6) is 0 Å². The van der Waals surface area contributed by atoms with Gasteiger partial charge >= 0.3 is 5.97 Å². The molecular weight excluding hydrogens is 907 g/mol. The van der Waals surface area contributed by atoms with Crippen molar-refractivity contribution in [3.8, 4) is 0 Å². The molecule has 0 spiro atoms. The molecule has 1 aliphatic heterocycles. The smallest absolute Gasteiger partial charge is 0.306 e. The molecule has 1 aliphatic rings. The molecular formula is C61H109NO10. The van der Waals surface area contributed by atoms with Crippen molar-refractivity contribution < 1.29 is 49.3 Å². The van der Waals surface area contributed by atoms with Crippen LogP contribution < -0.4 is 5.32 Å². The number of rotatable bonds is 49. The molecule has 8 unspecified atom stereocenters. The van der Waals surface area contributed by atoms with Gasteiger partial charge in [0.25, 0.3) is 0 Å². The van der Waals surface area contributed by atoms with Crippen molar-refractivity contribution in [3.63, 3.8) is 0 Å². The molecule has 1 amide bonds. The molecule has 0 aromatic rings. The van der Waals surface area contributed by atoms with Gasteiger partial charge in [0, 0.05) is 6.42 Å². The van der Waals surface area contributed by atoms with E-state index in [4.69, 9.17) is 14.2 Å². The van der Waals surface area contributed by atoms with Gasteiger partial charge in [0.1, 0.15) is 24.4 Å². The second kappa shape index (κ2) is 49.2. The quantitative estimate of drug-likeness (QED) is 0.0195. The first-order valence-electron chi connectivity index (χ1n) is 29.6. The zero-order valence-electron chi connectivity index (χ0n) is 46.0. The summed E-state index contributed by atoms with van der Waals surface area (Å²) >= 11 is 0. The first-order chi connectivity index (χ1) is 35.2. The Hall–Kier alpha value is -2.64. The van der Waals surface area contributed by atoms with Crippen LogP contribution in [-0.4, -0.2) is 99.6 Å². The fourth-order valence-electron chi connectivity index (χ4n) is 8.95. The third-order valence-corrected chi connectivity index (χ3v) is 13.7. The third-order valence-electron chi connectivity index (χ3n) is 13.7. The number of unbranched alkanes of at least 4 members (excludes halogenated alkanes) is 27. The van der Waals surface area contributed by atoms with E-state index in [0.717, 1.165) is 109 Å². The molecule has 1 saturated heterocycles. The van der Waals surface area contributed by atoms with E-state index in [9.17, 15) is 35.1 Å². The van der Waals surface area contributed by atoms with Gasteiger partial charge in [0.05, 0.1) is 25.4 Å². The molecule has 418 valence electrons. The molecule has 0 aliphatic carbocycles. The Morgan fingerprint density at radius 3 is 1.51 bits per heavy atom. The largest absolute Gasteiger partial charge is 0.454 e. The van der Waals surface area contributed by atoms with E-state index < -0.39 is 67.4 Å². The number of amides is 1. The topological polar surface area (TPSA) is 175 Å². The number of aliphatic hydroxyl groups excluding tert-OH is 5. The average Bonchev–Trinajstić information content (AvgIpc) is 3.38. The van der Waals surface area contributed by atoms with Gasteiger partial charge in [-0.2, -0.15) is 0 Å². The number of nitrogens with one attached hydrogen (secondary N) is 1. The predicted molar refractivity (Wildman–Crippen MR) is 296 cm³/mol. The molecule has 0 radical (unpaired) electrons. The molecule has 1 heterocycles. The Morgan fingerprint density at radius 2 is 1.00 bits per heavy atom. The summed E-state index contributed by atoms with van der Waals surface area (Å²) in [6.45, 7) is 5.64. The monoisotopic (exact) mass is 1020 g/mol. The second-order valence-electron chi connectivity index (χ2n) is 20.3. The third kappa shape index (κ3) is 37.1. The molecule has 0 aromatic heterocycles. The van der Waals surface area contributed by atoms with Gasteiger partial charge in [-0.3, -0.25) is 9.59 Å².